The van der Waals surface area contributed by atoms with Crippen molar-refractivity contribution >= 4 is 17.5 Å². The van der Waals surface area contributed by atoms with Crippen LogP contribution < -0.4 is 9.80 Å². The van der Waals surface area contributed by atoms with Crippen LogP contribution in [0.25, 0.3) is 0 Å². The molecule has 4 rings (SSSR count). The Morgan fingerprint density at radius 1 is 1.00 bits per heavy atom. The van der Waals surface area contributed by atoms with E-state index >= 15 is 0 Å². The summed E-state index contributed by atoms with van der Waals surface area (Å²) in [6, 6.07) is 4.16. The largest absolute Gasteiger partial charge is 0.377 e. The summed E-state index contributed by atoms with van der Waals surface area (Å²) >= 11 is 0. The van der Waals surface area contributed by atoms with Gasteiger partial charge in [0.25, 0.3) is 0 Å². The highest BCUT2D eigenvalue weighted by Gasteiger charge is 2.25. The number of amides is 1. The van der Waals surface area contributed by atoms with Gasteiger partial charge in [0.1, 0.15) is 0 Å². The maximum atomic E-state index is 12.1. The molecule has 8 nitrogen and oxygen atoms in total. The van der Waals surface area contributed by atoms with Crippen LogP contribution in [0.1, 0.15) is 26.7 Å². The summed E-state index contributed by atoms with van der Waals surface area (Å²) in [7, 11) is 0. The summed E-state index contributed by atoms with van der Waals surface area (Å²) in [5.41, 5.74) is 0. The molecular formula is C21H34N6O2. The van der Waals surface area contributed by atoms with Crippen molar-refractivity contribution in [3.63, 3.8) is 0 Å². The summed E-state index contributed by atoms with van der Waals surface area (Å²) < 4.78 is 5.77. The number of carbonyl (C=O) groups is 1. The van der Waals surface area contributed by atoms with Crippen LogP contribution in [-0.2, 0) is 9.53 Å². The first-order valence-electron chi connectivity index (χ1n) is 11.1. The van der Waals surface area contributed by atoms with Crippen LogP contribution in [0.5, 0.6) is 0 Å². The molecule has 0 aromatic carbocycles. The van der Waals surface area contributed by atoms with E-state index in [2.05, 4.69) is 37.0 Å². The highest BCUT2D eigenvalue weighted by molar-refractivity contribution is 5.78. The predicted molar refractivity (Wildman–Crippen MR) is 113 cm³/mol. The van der Waals surface area contributed by atoms with E-state index in [1.807, 2.05) is 18.7 Å². The fourth-order valence-electron chi connectivity index (χ4n) is 4.41. The topological polar surface area (TPSA) is 65.0 Å². The van der Waals surface area contributed by atoms with Crippen LogP contribution >= 0.6 is 0 Å². The lowest BCUT2D eigenvalue weighted by molar-refractivity contribution is -0.134. The molecule has 160 valence electrons. The maximum Gasteiger partial charge on any atom is 0.225 e. The average Bonchev–Trinajstić information content (AvgIpc) is 3.27. The molecule has 0 saturated carbocycles. The summed E-state index contributed by atoms with van der Waals surface area (Å²) in [6.07, 6.45) is 2.83. The molecule has 3 aliphatic rings. The molecule has 3 aliphatic heterocycles. The van der Waals surface area contributed by atoms with Gasteiger partial charge in [0.05, 0.1) is 6.10 Å². The quantitative estimate of drug-likeness (QED) is 0.730. The van der Waals surface area contributed by atoms with Crippen LogP contribution in [0.3, 0.4) is 0 Å². The Bertz CT molecular complexity index is 660. The Hall–Kier alpha value is -1.93. The van der Waals surface area contributed by atoms with Gasteiger partial charge in [-0.3, -0.25) is 9.69 Å². The van der Waals surface area contributed by atoms with Crippen LogP contribution in [0, 0.1) is 5.92 Å². The third-order valence-corrected chi connectivity index (χ3v) is 6.23. The van der Waals surface area contributed by atoms with Crippen molar-refractivity contribution in [2.75, 3.05) is 75.3 Å². The smallest absolute Gasteiger partial charge is 0.225 e. The van der Waals surface area contributed by atoms with Gasteiger partial charge >= 0.3 is 0 Å². The number of hydrogen-bond acceptors (Lipinski definition) is 7. The molecule has 1 amide bonds. The highest BCUT2D eigenvalue weighted by Crippen LogP contribution is 2.19. The Morgan fingerprint density at radius 3 is 2.07 bits per heavy atom. The molecule has 0 bridgehead atoms. The minimum atomic E-state index is 0.0618. The van der Waals surface area contributed by atoms with E-state index in [1.165, 1.54) is 12.8 Å². The molecule has 1 aromatic heterocycles. The molecule has 29 heavy (non-hydrogen) atoms. The lowest BCUT2D eigenvalue weighted by Gasteiger charge is -2.37. The third-order valence-electron chi connectivity index (χ3n) is 6.23. The minimum absolute atomic E-state index is 0.0618. The monoisotopic (exact) mass is 402 g/mol. The molecule has 1 aromatic rings. The van der Waals surface area contributed by atoms with Crippen molar-refractivity contribution in [2.45, 2.75) is 32.8 Å². The number of rotatable bonds is 5. The summed E-state index contributed by atoms with van der Waals surface area (Å²) in [5.74, 6) is 2.16. The first kappa shape index (κ1) is 20.3. The number of anilines is 2. The molecule has 0 spiro atoms. The van der Waals surface area contributed by atoms with Gasteiger partial charge in [-0.15, -0.1) is 10.2 Å². The number of hydrogen-bond donors (Lipinski definition) is 0. The van der Waals surface area contributed by atoms with Crippen molar-refractivity contribution < 1.29 is 9.53 Å². The van der Waals surface area contributed by atoms with E-state index in [0.717, 1.165) is 77.1 Å². The fourth-order valence-corrected chi connectivity index (χ4v) is 4.41. The molecule has 0 aliphatic carbocycles. The Kier molecular flexibility index (Phi) is 6.50. The molecule has 1 atom stereocenters. The van der Waals surface area contributed by atoms with Gasteiger partial charge in [0, 0.05) is 71.4 Å². The van der Waals surface area contributed by atoms with Gasteiger partial charge in [-0.2, -0.15) is 0 Å². The Balaban J connectivity index is 1.25. The van der Waals surface area contributed by atoms with E-state index in [0.29, 0.717) is 6.10 Å². The van der Waals surface area contributed by atoms with Crippen LogP contribution in [0.2, 0.25) is 0 Å². The highest BCUT2D eigenvalue weighted by atomic mass is 16.5. The number of carbonyl (C=O) groups excluding carboxylic acids is 1. The number of piperazine rings is 2. The number of aromatic nitrogens is 2. The van der Waals surface area contributed by atoms with E-state index in [1.54, 1.807) is 0 Å². The van der Waals surface area contributed by atoms with Gasteiger partial charge in [0.15, 0.2) is 11.6 Å². The standard InChI is InChI=1S/C21H34N6O2/c1-17(2)21(28)27-13-11-26(12-14-27)20-6-5-19(22-23-20)25-9-7-24(8-10-25)16-18-4-3-15-29-18/h5-6,17-18H,3-4,7-16H2,1-2H3. The maximum absolute atomic E-state index is 12.1. The van der Waals surface area contributed by atoms with E-state index in [4.69, 9.17) is 4.74 Å². The zero-order valence-corrected chi connectivity index (χ0v) is 17.8. The molecule has 4 heterocycles. The lowest BCUT2D eigenvalue weighted by atomic mass is 10.1. The van der Waals surface area contributed by atoms with E-state index < -0.39 is 0 Å². The van der Waals surface area contributed by atoms with Crippen LogP contribution in [0.4, 0.5) is 11.6 Å². The zero-order chi connectivity index (χ0) is 20.2. The van der Waals surface area contributed by atoms with Crippen LogP contribution in [0.15, 0.2) is 12.1 Å². The summed E-state index contributed by atoms with van der Waals surface area (Å²) in [4.78, 5) is 21.2. The van der Waals surface area contributed by atoms with Gasteiger partial charge in [0.2, 0.25) is 5.91 Å². The van der Waals surface area contributed by atoms with E-state index in [9.17, 15) is 4.79 Å². The molecular weight excluding hydrogens is 368 g/mol. The fraction of sp³-hybridized carbons (Fsp3) is 0.762. The average molecular weight is 403 g/mol. The van der Waals surface area contributed by atoms with Crippen molar-refractivity contribution in [1.82, 2.24) is 20.0 Å². The molecule has 0 radical (unpaired) electrons. The summed E-state index contributed by atoms with van der Waals surface area (Å²) in [5, 5.41) is 8.98. The third kappa shape index (κ3) is 4.98. The summed E-state index contributed by atoms with van der Waals surface area (Å²) in [6.45, 7) is 13.1. The molecule has 3 fully saturated rings. The normalized spacial score (nSPS) is 23.8. The van der Waals surface area contributed by atoms with Gasteiger partial charge in [-0.1, -0.05) is 13.8 Å². The van der Waals surface area contributed by atoms with Gasteiger partial charge in [-0.25, -0.2) is 0 Å². The van der Waals surface area contributed by atoms with Crippen molar-refractivity contribution in [3.05, 3.63) is 12.1 Å². The first-order chi connectivity index (χ1) is 14.1. The molecule has 1 unspecified atom stereocenters. The predicted octanol–water partition coefficient (Wildman–Crippen LogP) is 1.08. The van der Waals surface area contributed by atoms with Crippen molar-refractivity contribution in [1.29, 1.82) is 0 Å². The first-order valence-corrected chi connectivity index (χ1v) is 11.1. The Morgan fingerprint density at radius 2 is 1.59 bits per heavy atom. The SMILES string of the molecule is CC(C)C(=O)N1CCN(c2ccc(N3CCN(CC4CCCO4)CC3)nn2)CC1. The molecule has 3 saturated heterocycles. The number of nitrogens with zero attached hydrogens (tertiary/aromatic N) is 6. The molecule has 8 heteroatoms. The van der Waals surface area contributed by atoms with Crippen molar-refractivity contribution in [3.8, 4) is 0 Å². The lowest BCUT2D eigenvalue weighted by Crippen LogP contribution is -2.50. The van der Waals surface area contributed by atoms with Crippen molar-refractivity contribution in [2.24, 2.45) is 5.92 Å². The minimum Gasteiger partial charge on any atom is -0.377 e. The van der Waals surface area contributed by atoms with E-state index in [-0.39, 0.29) is 11.8 Å². The second-order valence-corrected chi connectivity index (χ2v) is 8.64. The van der Waals surface area contributed by atoms with Gasteiger partial charge < -0.3 is 19.4 Å². The Labute approximate surface area is 173 Å². The zero-order valence-electron chi connectivity index (χ0n) is 17.8. The number of ether oxygens (including phenoxy) is 1. The molecule has 0 N–H and O–H groups in total. The van der Waals surface area contributed by atoms with Crippen LogP contribution in [-0.4, -0.2) is 97.5 Å². The second kappa shape index (κ2) is 9.26. The second-order valence-electron chi connectivity index (χ2n) is 8.64. The van der Waals surface area contributed by atoms with Gasteiger partial charge in [-0.05, 0) is 25.0 Å².